The lowest BCUT2D eigenvalue weighted by Gasteiger charge is -2.05. The van der Waals surface area contributed by atoms with Gasteiger partial charge in [-0.25, -0.2) is 4.79 Å². The fraction of sp³-hybridized carbons (Fsp3) is 0.286. The zero-order valence-electron chi connectivity index (χ0n) is 7.15. The minimum Gasteiger partial charge on any atom is -0.479 e. The highest BCUT2D eigenvalue weighted by molar-refractivity contribution is 5.68. The molecule has 0 aliphatic heterocycles. The summed E-state index contributed by atoms with van der Waals surface area (Å²) in [5.41, 5.74) is -1.16. The number of carbonyl (C=O) groups is 1. The molecule has 0 aliphatic carbocycles. The van der Waals surface area contributed by atoms with Crippen LogP contribution in [0.5, 0.6) is 5.88 Å². The van der Waals surface area contributed by atoms with Gasteiger partial charge >= 0.3 is 12.1 Å². The summed E-state index contributed by atoms with van der Waals surface area (Å²) in [6.45, 7) is -0.681. The van der Waals surface area contributed by atoms with Crippen LogP contribution >= 0.6 is 0 Å². The second-order valence-electron chi connectivity index (χ2n) is 2.44. The van der Waals surface area contributed by atoms with Gasteiger partial charge < -0.3 is 9.84 Å². The molecule has 15 heavy (non-hydrogen) atoms. The van der Waals surface area contributed by atoms with E-state index in [9.17, 15) is 18.0 Å². The van der Waals surface area contributed by atoms with Gasteiger partial charge in [0.25, 0.3) is 0 Å². The first-order chi connectivity index (χ1) is 6.89. The van der Waals surface area contributed by atoms with Gasteiger partial charge in [-0.1, -0.05) is 0 Å². The minimum absolute atomic E-state index is 0.273. The number of alkyl halides is 3. The lowest BCUT2D eigenvalue weighted by Crippen LogP contribution is -2.12. The van der Waals surface area contributed by atoms with Gasteiger partial charge in [-0.15, -0.1) is 10.2 Å². The van der Waals surface area contributed by atoms with E-state index in [0.717, 1.165) is 6.07 Å². The lowest BCUT2D eigenvalue weighted by molar-refractivity contribution is -0.142. The molecule has 1 aromatic rings. The molecule has 0 spiro atoms. The van der Waals surface area contributed by atoms with E-state index < -0.39 is 24.4 Å². The fourth-order valence-corrected chi connectivity index (χ4v) is 0.684. The Morgan fingerprint density at radius 3 is 2.47 bits per heavy atom. The average Bonchev–Trinajstić information content (AvgIpc) is 2.14. The number of carboxylic acid groups (broad SMARTS) is 1. The van der Waals surface area contributed by atoms with Gasteiger partial charge in [0, 0.05) is 6.07 Å². The Kier molecular flexibility index (Phi) is 3.08. The Morgan fingerprint density at radius 2 is 2.07 bits per heavy atom. The van der Waals surface area contributed by atoms with Crippen LogP contribution < -0.4 is 4.74 Å². The van der Waals surface area contributed by atoms with Crippen LogP contribution in [0.4, 0.5) is 13.2 Å². The second-order valence-corrected chi connectivity index (χ2v) is 2.44. The molecule has 0 fully saturated rings. The highest BCUT2D eigenvalue weighted by atomic mass is 19.4. The molecule has 8 heteroatoms. The number of halogens is 3. The first-order valence-electron chi connectivity index (χ1n) is 3.65. The maximum atomic E-state index is 12.0. The molecule has 0 atom stereocenters. The van der Waals surface area contributed by atoms with Gasteiger partial charge in [0.2, 0.25) is 5.88 Å². The van der Waals surface area contributed by atoms with Crippen LogP contribution in [0, 0.1) is 0 Å². The van der Waals surface area contributed by atoms with Gasteiger partial charge in [0.05, 0.1) is 0 Å². The Bertz CT molecular complexity index is 349. The quantitative estimate of drug-likeness (QED) is 0.824. The summed E-state index contributed by atoms with van der Waals surface area (Å²) in [7, 11) is 0. The smallest absolute Gasteiger partial charge is 0.435 e. The molecular formula is C7H5F3N2O3. The van der Waals surface area contributed by atoms with Crippen molar-refractivity contribution in [3.05, 3.63) is 17.8 Å². The monoisotopic (exact) mass is 222 g/mol. The van der Waals surface area contributed by atoms with Crippen LogP contribution in [0.3, 0.4) is 0 Å². The number of aliphatic carboxylic acids is 1. The van der Waals surface area contributed by atoms with E-state index in [1.54, 1.807) is 0 Å². The van der Waals surface area contributed by atoms with E-state index in [0.29, 0.717) is 6.07 Å². The van der Waals surface area contributed by atoms with Crippen molar-refractivity contribution < 1.29 is 27.8 Å². The van der Waals surface area contributed by atoms with Crippen molar-refractivity contribution in [2.75, 3.05) is 6.61 Å². The molecule has 0 aromatic carbocycles. The summed E-state index contributed by atoms with van der Waals surface area (Å²) in [6.07, 6.45) is -4.57. The standard InChI is InChI=1S/C7H5F3N2O3/c8-7(9,10)4-1-2-5(12-11-4)15-3-6(13)14/h1-2H,3H2,(H,13,14). The molecular weight excluding hydrogens is 217 g/mol. The van der Waals surface area contributed by atoms with Gasteiger partial charge in [-0.2, -0.15) is 13.2 Å². The number of nitrogens with zero attached hydrogens (tertiary/aromatic N) is 2. The summed E-state index contributed by atoms with van der Waals surface area (Å²) in [5.74, 6) is -1.53. The van der Waals surface area contributed by atoms with Gasteiger partial charge in [0.15, 0.2) is 12.3 Å². The van der Waals surface area contributed by atoms with E-state index in [1.807, 2.05) is 0 Å². The van der Waals surface area contributed by atoms with Crippen molar-refractivity contribution in [3.63, 3.8) is 0 Å². The van der Waals surface area contributed by atoms with Gasteiger partial charge in [0.1, 0.15) is 0 Å². The molecule has 0 amide bonds. The molecule has 0 aliphatic rings. The third kappa shape index (κ3) is 3.41. The molecule has 0 saturated heterocycles. The number of hydrogen-bond acceptors (Lipinski definition) is 4. The van der Waals surface area contributed by atoms with Crippen molar-refractivity contribution in [1.29, 1.82) is 0 Å². The van der Waals surface area contributed by atoms with Crippen molar-refractivity contribution in [1.82, 2.24) is 10.2 Å². The Morgan fingerprint density at radius 1 is 1.40 bits per heavy atom. The Hall–Kier alpha value is -1.86. The van der Waals surface area contributed by atoms with E-state index in [4.69, 9.17) is 5.11 Å². The zero-order chi connectivity index (χ0) is 11.5. The minimum atomic E-state index is -4.57. The average molecular weight is 222 g/mol. The predicted octanol–water partition coefficient (Wildman–Crippen LogP) is 0.959. The molecule has 5 nitrogen and oxygen atoms in total. The van der Waals surface area contributed by atoms with Crippen molar-refractivity contribution in [2.45, 2.75) is 6.18 Å². The molecule has 0 saturated carbocycles. The maximum Gasteiger partial charge on any atom is 0.435 e. The van der Waals surface area contributed by atoms with Crippen molar-refractivity contribution in [3.8, 4) is 5.88 Å². The fourth-order valence-electron chi connectivity index (χ4n) is 0.684. The molecule has 1 rings (SSSR count). The van der Waals surface area contributed by atoms with Gasteiger partial charge in [-0.05, 0) is 6.07 Å². The third-order valence-corrected chi connectivity index (χ3v) is 1.27. The van der Waals surface area contributed by atoms with Crippen molar-refractivity contribution >= 4 is 5.97 Å². The lowest BCUT2D eigenvalue weighted by atomic mass is 10.4. The maximum absolute atomic E-state index is 12.0. The van der Waals surface area contributed by atoms with Crippen LogP contribution in [-0.2, 0) is 11.0 Å². The number of hydrogen-bond donors (Lipinski definition) is 1. The Balaban J connectivity index is 2.69. The Labute approximate surface area is 81.5 Å². The van der Waals surface area contributed by atoms with Crippen LogP contribution in [0.25, 0.3) is 0 Å². The number of ether oxygens (including phenoxy) is 1. The van der Waals surface area contributed by atoms with Crippen LogP contribution in [-0.4, -0.2) is 27.9 Å². The highest BCUT2D eigenvalue weighted by Gasteiger charge is 2.32. The summed E-state index contributed by atoms with van der Waals surface area (Å²) in [6, 6.07) is 1.56. The van der Waals surface area contributed by atoms with Crippen LogP contribution in [0.15, 0.2) is 12.1 Å². The SMILES string of the molecule is O=C(O)COc1ccc(C(F)(F)F)nn1. The van der Waals surface area contributed by atoms with Crippen LogP contribution in [0.2, 0.25) is 0 Å². The van der Waals surface area contributed by atoms with E-state index >= 15 is 0 Å². The number of rotatable bonds is 3. The van der Waals surface area contributed by atoms with E-state index in [-0.39, 0.29) is 5.88 Å². The summed E-state index contributed by atoms with van der Waals surface area (Å²) in [4.78, 5) is 10.0. The molecule has 0 unspecified atom stereocenters. The molecule has 82 valence electrons. The van der Waals surface area contributed by atoms with E-state index in [2.05, 4.69) is 14.9 Å². The topological polar surface area (TPSA) is 72.3 Å². The third-order valence-electron chi connectivity index (χ3n) is 1.27. The molecule has 1 N–H and O–H groups in total. The first-order valence-corrected chi connectivity index (χ1v) is 3.65. The normalized spacial score (nSPS) is 11.1. The first kappa shape index (κ1) is 11.2. The van der Waals surface area contributed by atoms with Crippen LogP contribution in [0.1, 0.15) is 5.69 Å². The molecule has 1 aromatic heterocycles. The second kappa shape index (κ2) is 4.11. The predicted molar refractivity (Wildman–Crippen MR) is 40.2 cm³/mol. The summed E-state index contributed by atoms with van der Waals surface area (Å²) < 4.78 is 40.5. The molecule has 0 bridgehead atoms. The number of aromatic nitrogens is 2. The molecule has 0 radical (unpaired) electrons. The van der Waals surface area contributed by atoms with Gasteiger partial charge in [-0.3, -0.25) is 0 Å². The summed E-state index contributed by atoms with van der Waals surface area (Å²) >= 11 is 0. The largest absolute Gasteiger partial charge is 0.479 e. The zero-order valence-corrected chi connectivity index (χ0v) is 7.15. The van der Waals surface area contributed by atoms with Crippen molar-refractivity contribution in [2.24, 2.45) is 0 Å². The highest BCUT2D eigenvalue weighted by Crippen LogP contribution is 2.27. The van der Waals surface area contributed by atoms with E-state index in [1.165, 1.54) is 0 Å². The summed E-state index contributed by atoms with van der Waals surface area (Å²) in [5, 5.41) is 14.1. The number of carboxylic acids is 1. The molecule has 1 heterocycles.